The fourth-order valence-corrected chi connectivity index (χ4v) is 5.48. The van der Waals surface area contributed by atoms with E-state index in [-0.39, 0.29) is 91.1 Å². The van der Waals surface area contributed by atoms with Crippen LogP contribution >= 0.6 is 0 Å². The van der Waals surface area contributed by atoms with E-state index < -0.39 is 101 Å². The summed E-state index contributed by atoms with van der Waals surface area (Å²) in [5, 5.41) is 93.3. The normalized spacial score (nSPS) is 15.4. The minimum absolute atomic E-state index is 0. The maximum Gasteiger partial charge on any atom is 1.00 e. The Morgan fingerprint density at radius 3 is 1.65 bits per heavy atom. The monoisotopic (exact) mass is 773 g/mol. The number of phenolic OH excluding ortho intramolecular Hbond substituents is 7. The summed E-state index contributed by atoms with van der Waals surface area (Å²) in [4.78, 5) is 50.6. The zero-order valence-electron chi connectivity index (χ0n) is 28.5. The van der Waals surface area contributed by atoms with Crippen LogP contribution in [0.25, 0.3) is 6.08 Å². The van der Waals surface area contributed by atoms with Crippen LogP contribution in [-0.2, 0) is 41.5 Å². The molecule has 0 aliphatic carbocycles. The number of hydrogen-bond acceptors (Lipinski definition) is 16. The number of esters is 2. The van der Waals surface area contributed by atoms with Crippen molar-refractivity contribution in [2.75, 3.05) is 0 Å². The van der Waals surface area contributed by atoms with Gasteiger partial charge in [0.1, 0.15) is 24.2 Å². The van der Waals surface area contributed by atoms with E-state index in [0.29, 0.717) is 0 Å². The first-order chi connectivity index (χ1) is 24.6. The molecule has 0 saturated heterocycles. The summed E-state index contributed by atoms with van der Waals surface area (Å²) in [6.45, 7) is 0. The third kappa shape index (κ3) is 9.72. The quantitative estimate of drug-likeness (QED) is 0.0336. The summed E-state index contributed by atoms with van der Waals surface area (Å²) in [6.07, 6.45) is -4.31. The molecule has 0 radical (unpaired) electrons. The fraction of sp³-hybridized carbons (Fsp3) is 0.167. The van der Waals surface area contributed by atoms with Gasteiger partial charge in [0.15, 0.2) is 46.0 Å². The molecule has 278 valence electrons. The summed E-state index contributed by atoms with van der Waals surface area (Å²) in [5.41, 5.74) is 0.269. The number of rotatable bonds is 12. The number of ether oxygens (including phenoxy) is 3. The first-order valence-electron chi connectivity index (χ1n) is 15.2. The number of carboxylic acid groups (broad SMARTS) is 2. The second kappa shape index (κ2) is 18.0. The van der Waals surface area contributed by atoms with Crippen molar-refractivity contribution in [1.29, 1.82) is 0 Å². The second-order valence-electron chi connectivity index (χ2n) is 11.6. The molecule has 0 amide bonds. The smallest absolute Gasteiger partial charge is 0.546 e. The van der Waals surface area contributed by atoms with Crippen LogP contribution in [0.15, 0.2) is 72.8 Å². The Morgan fingerprint density at radius 2 is 1.15 bits per heavy atom. The third-order valence-electron chi connectivity index (χ3n) is 8.01. The number of hydrogen-bond donors (Lipinski definition) is 8. The van der Waals surface area contributed by atoms with Crippen molar-refractivity contribution in [3.05, 3.63) is 101 Å². The molecule has 0 fully saturated rings. The Hall–Kier alpha value is -5.50. The molecule has 0 unspecified atom stereocenters. The van der Waals surface area contributed by atoms with Gasteiger partial charge < -0.3 is 75.9 Å². The molecule has 1 heterocycles. The molecule has 4 atom stereocenters. The van der Waals surface area contributed by atoms with Gasteiger partial charge in [0, 0.05) is 24.5 Å². The van der Waals surface area contributed by atoms with Crippen LogP contribution in [-0.4, -0.2) is 71.8 Å². The number of fused-ring (bicyclic) bond motifs is 1. The van der Waals surface area contributed by atoms with Crippen LogP contribution in [0, 0.1) is 0 Å². The number of benzene rings is 4. The number of quaternary nitrogens is 1. The van der Waals surface area contributed by atoms with Crippen LogP contribution in [0.4, 0.5) is 0 Å². The van der Waals surface area contributed by atoms with Gasteiger partial charge >= 0.3 is 63.3 Å². The molecular weight excluding hydrogens is 741 g/mol. The van der Waals surface area contributed by atoms with Gasteiger partial charge in [0.25, 0.3) is 0 Å². The van der Waals surface area contributed by atoms with E-state index in [1.165, 1.54) is 24.3 Å². The van der Waals surface area contributed by atoms with Crippen LogP contribution < -0.4 is 72.5 Å². The maximum atomic E-state index is 13.9. The van der Waals surface area contributed by atoms with E-state index in [9.17, 15) is 65.1 Å². The van der Waals surface area contributed by atoms with Crippen molar-refractivity contribution in [2.45, 2.75) is 37.1 Å². The molecule has 4 aromatic rings. The molecule has 54 heavy (non-hydrogen) atoms. The summed E-state index contributed by atoms with van der Waals surface area (Å²) in [5.74, 6) is -11.6. The fourth-order valence-electron chi connectivity index (χ4n) is 5.48. The number of aliphatic carboxylic acids is 2. The van der Waals surface area contributed by atoms with Crippen molar-refractivity contribution >= 4 is 30.0 Å². The first-order valence-corrected chi connectivity index (χ1v) is 15.2. The average Bonchev–Trinajstić information content (AvgIpc) is 3.50. The van der Waals surface area contributed by atoms with E-state index >= 15 is 0 Å². The summed E-state index contributed by atoms with van der Waals surface area (Å²) in [7, 11) is 0. The Bertz CT molecular complexity index is 2100. The van der Waals surface area contributed by atoms with Crippen LogP contribution in [0.5, 0.6) is 46.0 Å². The van der Waals surface area contributed by atoms with Crippen LogP contribution in [0.3, 0.4) is 0 Å². The van der Waals surface area contributed by atoms with Gasteiger partial charge in [0.05, 0.1) is 11.9 Å². The van der Waals surface area contributed by atoms with E-state index in [2.05, 4.69) is 0 Å². The van der Waals surface area contributed by atoms with Crippen molar-refractivity contribution in [1.82, 2.24) is 6.15 Å². The van der Waals surface area contributed by atoms with Gasteiger partial charge in [0.2, 0.25) is 0 Å². The minimum Gasteiger partial charge on any atom is -0.546 e. The molecule has 0 saturated carbocycles. The molecule has 18 heteroatoms. The predicted octanol–water partition coefficient (Wildman–Crippen LogP) is -1.95. The number of carbonyl (C=O) groups excluding carboxylic acids is 4. The molecule has 11 N–H and O–H groups in total. The predicted molar refractivity (Wildman–Crippen MR) is 176 cm³/mol. The summed E-state index contributed by atoms with van der Waals surface area (Å²) < 4.78 is 16.3. The zero-order valence-corrected chi connectivity index (χ0v) is 31.7. The third-order valence-corrected chi connectivity index (χ3v) is 8.01. The maximum absolute atomic E-state index is 13.9. The van der Waals surface area contributed by atoms with Crippen molar-refractivity contribution in [3.63, 3.8) is 0 Å². The number of carbonyl (C=O) groups is 4. The molecule has 4 aromatic carbocycles. The van der Waals surface area contributed by atoms with Gasteiger partial charge in [-0.15, -0.1) is 0 Å². The first kappa shape index (κ1) is 42.9. The van der Waals surface area contributed by atoms with Gasteiger partial charge in [-0.3, -0.25) is 4.79 Å². The van der Waals surface area contributed by atoms with E-state index in [1.54, 1.807) is 0 Å². The van der Waals surface area contributed by atoms with Crippen molar-refractivity contribution in [3.8, 4) is 46.0 Å². The Morgan fingerprint density at radius 1 is 0.667 bits per heavy atom. The van der Waals surface area contributed by atoms with Gasteiger partial charge in [-0.05, 0) is 70.8 Å². The molecular formula is C36H32KNO16. The molecule has 0 spiro atoms. The summed E-state index contributed by atoms with van der Waals surface area (Å²) >= 11 is 0. The number of aromatic hydroxyl groups is 7. The van der Waals surface area contributed by atoms with E-state index in [0.717, 1.165) is 54.6 Å². The van der Waals surface area contributed by atoms with Crippen LogP contribution in [0.2, 0.25) is 0 Å². The van der Waals surface area contributed by atoms with Gasteiger partial charge in [-0.25, -0.2) is 4.79 Å². The number of phenols is 7. The molecule has 0 aromatic heterocycles. The van der Waals surface area contributed by atoms with Gasteiger partial charge in [-0.2, -0.15) is 0 Å². The zero-order chi connectivity index (χ0) is 37.9. The second-order valence-corrected chi connectivity index (χ2v) is 11.6. The Balaban J connectivity index is 0.00000392. The molecule has 17 nitrogen and oxygen atoms in total. The van der Waals surface area contributed by atoms with Gasteiger partial charge in [-0.1, -0.05) is 24.3 Å². The minimum atomic E-state index is -1.96. The Labute approximate surface area is 347 Å². The van der Waals surface area contributed by atoms with Crippen LogP contribution in [0.1, 0.15) is 39.8 Å². The van der Waals surface area contributed by atoms with E-state index in [4.69, 9.17) is 14.2 Å². The molecule has 0 bridgehead atoms. The van der Waals surface area contributed by atoms with Crippen molar-refractivity contribution < 1.29 is 131 Å². The molecule has 1 aliphatic heterocycles. The average molecular weight is 774 g/mol. The molecule has 5 rings (SSSR count). The van der Waals surface area contributed by atoms with Crippen molar-refractivity contribution in [2.24, 2.45) is 0 Å². The largest absolute Gasteiger partial charge is 1.00 e. The topological polar surface area (TPSA) is 320 Å². The standard InChI is InChI=1S/C36H30O16.K.H3N/c37-20-6-1-16(11-24(20)41)13-27(34(45)46)50-29(44)10-5-18-3-9-23(40)33-30(18)31(32(52-33)19-4-8-22(39)26(43)15-19)36(49)51-28(35(47)48)14-17-2-7-21(38)25(42)12-17;;/h1-12,15,27-28,31-32,37-43H,13-14H2,(H,45,46)(H,47,48);;1H3/q;+1;/p-1/b10-5+;;/t27-,28-,31+,32-;;/m1../s1. The molecule has 1 aliphatic rings. The Kier molecular flexibility index (Phi) is 14.3. The van der Waals surface area contributed by atoms with E-state index in [1.807, 2.05) is 0 Å². The summed E-state index contributed by atoms with van der Waals surface area (Å²) in [6, 6.07) is 12.7. The SMILES string of the molecule is O=C(/C=C/c1ccc(O)c2c1[C@H](C(=O)O[C@H](Cc1ccc(O)c(O)c1)C(=O)[O-])[C@@H](c1ccc(O)c(O)c1)O2)O[C@H](Cc1ccc(O)c(O)c1)C(=O)[O-].[K+].[NH4+]. The number of carboxylic acids is 2.